The summed E-state index contributed by atoms with van der Waals surface area (Å²) < 4.78 is 11.1. The molecule has 0 aliphatic heterocycles. The van der Waals surface area contributed by atoms with Gasteiger partial charge in [-0.15, -0.1) is 0 Å². The average Bonchev–Trinajstić information content (AvgIpc) is 3.06. The Labute approximate surface area is 155 Å². The second-order valence-corrected chi connectivity index (χ2v) is 6.48. The van der Waals surface area contributed by atoms with Crippen LogP contribution in [0.5, 0.6) is 11.5 Å². The van der Waals surface area contributed by atoms with Crippen molar-refractivity contribution < 1.29 is 9.47 Å². The van der Waals surface area contributed by atoms with Gasteiger partial charge in [-0.3, -0.25) is 0 Å². The van der Waals surface area contributed by atoms with E-state index in [2.05, 4.69) is 30.1 Å². The summed E-state index contributed by atoms with van der Waals surface area (Å²) >= 11 is 0. The summed E-state index contributed by atoms with van der Waals surface area (Å²) in [7, 11) is 3.40. The molecule has 1 heterocycles. The topological polar surface area (TPSA) is 60.3 Å². The standard InChI is InChI=1S/C22H28N2O2/c1-4-15-8-7-10-17-18(9-5-6-13-23)22(24-21(15)17)19-14-16(25-2)11-12-20(19)26-3/h7-8,10-12,14,24H,4-6,9,13,23H2,1-3H3. The third-order valence-corrected chi connectivity index (χ3v) is 4.97. The van der Waals surface area contributed by atoms with Crippen molar-refractivity contribution in [3.05, 3.63) is 47.5 Å². The highest BCUT2D eigenvalue weighted by Crippen LogP contribution is 2.39. The molecule has 0 aliphatic carbocycles. The van der Waals surface area contributed by atoms with Crippen molar-refractivity contribution in [1.82, 2.24) is 4.98 Å². The van der Waals surface area contributed by atoms with Crippen LogP contribution in [0.25, 0.3) is 22.2 Å². The van der Waals surface area contributed by atoms with E-state index < -0.39 is 0 Å². The van der Waals surface area contributed by atoms with Gasteiger partial charge in [0, 0.05) is 16.5 Å². The molecule has 26 heavy (non-hydrogen) atoms. The van der Waals surface area contributed by atoms with Gasteiger partial charge in [-0.25, -0.2) is 0 Å². The SMILES string of the molecule is CCc1cccc2c(CCCCN)c(-c3cc(OC)ccc3OC)[nH]c12. The third-order valence-electron chi connectivity index (χ3n) is 4.97. The van der Waals surface area contributed by atoms with Gasteiger partial charge in [0.05, 0.1) is 19.9 Å². The lowest BCUT2D eigenvalue weighted by Crippen LogP contribution is -1.99. The molecule has 0 atom stereocenters. The number of nitrogens with one attached hydrogen (secondary N) is 1. The second-order valence-electron chi connectivity index (χ2n) is 6.48. The second kappa shape index (κ2) is 8.28. The number of hydrogen-bond donors (Lipinski definition) is 2. The van der Waals surface area contributed by atoms with Crippen LogP contribution in [0.1, 0.15) is 30.9 Å². The zero-order valence-electron chi connectivity index (χ0n) is 15.9. The zero-order valence-corrected chi connectivity index (χ0v) is 15.9. The molecule has 3 aromatic rings. The van der Waals surface area contributed by atoms with Crippen LogP contribution >= 0.6 is 0 Å². The molecule has 0 fully saturated rings. The number of H-pyrrole nitrogens is 1. The molecule has 0 radical (unpaired) electrons. The highest BCUT2D eigenvalue weighted by molar-refractivity contribution is 5.94. The third kappa shape index (κ3) is 3.42. The fourth-order valence-corrected chi connectivity index (χ4v) is 3.57. The molecule has 2 aromatic carbocycles. The van der Waals surface area contributed by atoms with Crippen LogP contribution in [0.2, 0.25) is 0 Å². The molecule has 0 spiro atoms. The van der Waals surface area contributed by atoms with Gasteiger partial charge in [-0.1, -0.05) is 25.1 Å². The predicted octanol–water partition coefficient (Wildman–Crippen LogP) is 4.70. The maximum atomic E-state index is 5.71. The number of rotatable bonds is 8. The van der Waals surface area contributed by atoms with E-state index in [1.165, 1.54) is 22.0 Å². The number of methoxy groups -OCH3 is 2. The van der Waals surface area contributed by atoms with E-state index in [-0.39, 0.29) is 0 Å². The largest absolute Gasteiger partial charge is 0.497 e. The summed E-state index contributed by atoms with van der Waals surface area (Å²) in [6.07, 6.45) is 4.07. The monoisotopic (exact) mass is 352 g/mol. The van der Waals surface area contributed by atoms with Crippen LogP contribution in [0.3, 0.4) is 0 Å². The lowest BCUT2D eigenvalue weighted by molar-refractivity contribution is 0.404. The maximum Gasteiger partial charge on any atom is 0.128 e. The van der Waals surface area contributed by atoms with Crippen LogP contribution < -0.4 is 15.2 Å². The summed E-state index contributed by atoms with van der Waals surface area (Å²) in [5.41, 5.74) is 11.7. The molecule has 138 valence electrons. The lowest BCUT2D eigenvalue weighted by Gasteiger charge is -2.11. The van der Waals surface area contributed by atoms with Crippen LogP contribution in [-0.2, 0) is 12.8 Å². The molecular weight excluding hydrogens is 324 g/mol. The highest BCUT2D eigenvalue weighted by atomic mass is 16.5. The average molecular weight is 352 g/mol. The number of nitrogens with two attached hydrogens (primary N) is 1. The normalized spacial score (nSPS) is 11.1. The van der Waals surface area contributed by atoms with Crippen molar-refractivity contribution in [2.75, 3.05) is 20.8 Å². The van der Waals surface area contributed by atoms with E-state index in [0.29, 0.717) is 0 Å². The van der Waals surface area contributed by atoms with Gasteiger partial charge in [0.25, 0.3) is 0 Å². The number of ether oxygens (including phenoxy) is 2. The molecule has 0 unspecified atom stereocenters. The summed E-state index contributed by atoms with van der Waals surface area (Å²) in [5.74, 6) is 1.67. The van der Waals surface area contributed by atoms with E-state index in [4.69, 9.17) is 15.2 Å². The fourth-order valence-electron chi connectivity index (χ4n) is 3.57. The zero-order chi connectivity index (χ0) is 18.5. The molecular formula is C22H28N2O2. The van der Waals surface area contributed by atoms with Gasteiger partial charge in [0.1, 0.15) is 11.5 Å². The van der Waals surface area contributed by atoms with Crippen LogP contribution in [0.4, 0.5) is 0 Å². The van der Waals surface area contributed by atoms with Crippen molar-refractivity contribution in [3.8, 4) is 22.8 Å². The lowest BCUT2D eigenvalue weighted by atomic mass is 9.98. The summed E-state index contributed by atoms with van der Waals surface area (Å²) in [6, 6.07) is 12.5. The summed E-state index contributed by atoms with van der Waals surface area (Å²) in [5, 5.41) is 1.29. The fraction of sp³-hybridized carbons (Fsp3) is 0.364. The predicted molar refractivity (Wildman–Crippen MR) is 108 cm³/mol. The van der Waals surface area contributed by atoms with Crippen LogP contribution in [-0.4, -0.2) is 25.7 Å². The van der Waals surface area contributed by atoms with E-state index in [1.807, 2.05) is 18.2 Å². The number of benzene rings is 2. The van der Waals surface area contributed by atoms with Crippen molar-refractivity contribution in [3.63, 3.8) is 0 Å². The summed E-state index contributed by atoms with van der Waals surface area (Å²) in [6.45, 7) is 2.91. The highest BCUT2D eigenvalue weighted by Gasteiger charge is 2.18. The minimum Gasteiger partial charge on any atom is -0.497 e. The van der Waals surface area contributed by atoms with Crippen molar-refractivity contribution in [2.24, 2.45) is 5.73 Å². The van der Waals surface area contributed by atoms with Crippen LogP contribution in [0, 0.1) is 0 Å². The van der Waals surface area contributed by atoms with Crippen LogP contribution in [0.15, 0.2) is 36.4 Å². The van der Waals surface area contributed by atoms with E-state index in [9.17, 15) is 0 Å². The Morgan fingerprint density at radius 3 is 2.58 bits per heavy atom. The first-order chi connectivity index (χ1) is 12.7. The van der Waals surface area contributed by atoms with Crippen molar-refractivity contribution >= 4 is 10.9 Å². The number of aromatic amines is 1. The maximum absolute atomic E-state index is 5.71. The first-order valence-electron chi connectivity index (χ1n) is 9.28. The minimum atomic E-state index is 0.723. The van der Waals surface area contributed by atoms with Gasteiger partial charge in [0.2, 0.25) is 0 Å². The van der Waals surface area contributed by atoms with E-state index in [1.54, 1.807) is 14.2 Å². The molecule has 1 aromatic heterocycles. The minimum absolute atomic E-state index is 0.723. The number of unbranched alkanes of at least 4 members (excludes halogenated alkanes) is 1. The number of fused-ring (bicyclic) bond motifs is 1. The Morgan fingerprint density at radius 1 is 1.04 bits per heavy atom. The molecule has 4 nitrogen and oxygen atoms in total. The van der Waals surface area contributed by atoms with Gasteiger partial charge >= 0.3 is 0 Å². The van der Waals surface area contributed by atoms with E-state index in [0.717, 1.165) is 55.0 Å². The molecule has 0 saturated heterocycles. The molecule has 0 saturated carbocycles. The number of hydrogen-bond acceptors (Lipinski definition) is 3. The van der Waals surface area contributed by atoms with Crippen molar-refractivity contribution in [2.45, 2.75) is 32.6 Å². The number of para-hydroxylation sites is 1. The number of aryl methyl sites for hydroxylation is 2. The summed E-state index contributed by atoms with van der Waals surface area (Å²) in [4.78, 5) is 3.69. The van der Waals surface area contributed by atoms with E-state index >= 15 is 0 Å². The Bertz CT molecular complexity index is 883. The first-order valence-corrected chi connectivity index (χ1v) is 9.28. The molecule has 3 N–H and O–H groups in total. The Balaban J connectivity index is 2.22. The number of aromatic nitrogens is 1. The quantitative estimate of drug-likeness (QED) is 0.578. The van der Waals surface area contributed by atoms with Gasteiger partial charge < -0.3 is 20.2 Å². The molecule has 4 heteroatoms. The molecule has 0 amide bonds. The Morgan fingerprint density at radius 2 is 1.88 bits per heavy atom. The van der Waals surface area contributed by atoms with Crippen molar-refractivity contribution in [1.29, 1.82) is 0 Å². The smallest absolute Gasteiger partial charge is 0.128 e. The molecule has 0 bridgehead atoms. The van der Waals surface area contributed by atoms with Gasteiger partial charge in [0.15, 0.2) is 0 Å². The Kier molecular flexibility index (Phi) is 5.84. The Hall–Kier alpha value is -2.46. The van der Waals surface area contributed by atoms with Gasteiger partial charge in [-0.05, 0) is 61.6 Å². The molecule has 3 rings (SSSR count). The van der Waals surface area contributed by atoms with Gasteiger partial charge in [-0.2, -0.15) is 0 Å². The molecule has 0 aliphatic rings. The first kappa shape index (κ1) is 18.3.